The van der Waals surface area contributed by atoms with Gasteiger partial charge in [0.25, 0.3) is 0 Å². The second-order valence-electron chi connectivity index (χ2n) is 2.36. The largest absolute Gasteiger partial charge is 0.466 e. The molecule has 5 N–H and O–H groups in total. The predicted octanol–water partition coefficient (Wildman–Crippen LogP) is 0.597. The number of rotatable bonds is 4. The van der Waals surface area contributed by atoms with E-state index >= 15 is 0 Å². The lowest BCUT2D eigenvalue weighted by molar-refractivity contribution is 0.275. The van der Waals surface area contributed by atoms with Crippen LogP contribution in [0.15, 0.2) is 0 Å². The summed E-state index contributed by atoms with van der Waals surface area (Å²) in [4.78, 5) is 21.6. The zero-order valence-electron chi connectivity index (χ0n) is 7.31. The first-order valence-electron chi connectivity index (χ1n) is 3.90. The molecule has 0 aromatic carbocycles. The molecular weight excluding hydrogens is 181 g/mol. The molecule has 0 radical (unpaired) electrons. The van der Waals surface area contributed by atoms with Gasteiger partial charge >= 0.3 is 7.82 Å². The van der Waals surface area contributed by atoms with Crippen molar-refractivity contribution >= 4 is 7.82 Å². The highest BCUT2D eigenvalue weighted by Gasteiger charge is 2.00. The van der Waals surface area contributed by atoms with Gasteiger partial charge in [-0.1, -0.05) is 26.2 Å². The molecule has 0 saturated heterocycles. The first-order valence-corrected chi connectivity index (χ1v) is 5.46. The van der Waals surface area contributed by atoms with Gasteiger partial charge in [0.05, 0.1) is 0 Å². The van der Waals surface area contributed by atoms with E-state index in [0.29, 0.717) is 0 Å². The highest BCUT2D eigenvalue weighted by atomic mass is 31.2. The zero-order chi connectivity index (χ0) is 10.0. The monoisotopic (exact) mass is 199 g/mol. The van der Waals surface area contributed by atoms with Gasteiger partial charge in [-0.15, -0.1) is 0 Å². The molecule has 0 spiro atoms. The second kappa shape index (κ2) is 9.16. The Hall–Kier alpha value is 0.0700. The van der Waals surface area contributed by atoms with Crippen molar-refractivity contribution < 1.29 is 19.2 Å². The molecule has 12 heavy (non-hydrogen) atoms. The van der Waals surface area contributed by atoms with Crippen LogP contribution >= 0.6 is 7.82 Å². The molecule has 0 rings (SSSR count). The van der Waals surface area contributed by atoms with E-state index in [-0.39, 0.29) is 0 Å². The van der Waals surface area contributed by atoms with E-state index in [4.69, 9.17) is 25.0 Å². The maximum absolute atomic E-state index is 8.88. The normalized spacial score (nSPS) is 10.4. The Morgan fingerprint density at radius 2 is 1.58 bits per heavy atom. The molecule has 0 bridgehead atoms. The highest BCUT2D eigenvalue weighted by Crippen LogP contribution is 2.25. The lowest BCUT2D eigenvalue weighted by atomic mass is 10.2. The Balaban J connectivity index is 0. The summed E-state index contributed by atoms with van der Waals surface area (Å²) >= 11 is 0. The number of phosphoric acid groups is 1. The van der Waals surface area contributed by atoms with Crippen LogP contribution in [0.2, 0.25) is 0 Å². The molecule has 0 aliphatic rings. The summed E-state index contributed by atoms with van der Waals surface area (Å²) in [6, 6.07) is 0. The summed E-state index contributed by atoms with van der Waals surface area (Å²) in [5.74, 6) is 0. The van der Waals surface area contributed by atoms with Crippen LogP contribution in [-0.2, 0) is 4.57 Å². The average molecular weight is 199 g/mol. The van der Waals surface area contributed by atoms with Gasteiger partial charge < -0.3 is 20.4 Å². The van der Waals surface area contributed by atoms with Crippen LogP contribution < -0.4 is 5.73 Å². The molecule has 0 aromatic heterocycles. The molecule has 0 amide bonds. The Morgan fingerprint density at radius 3 is 1.83 bits per heavy atom. The van der Waals surface area contributed by atoms with E-state index < -0.39 is 7.82 Å². The topological polar surface area (TPSA) is 104 Å². The van der Waals surface area contributed by atoms with Crippen molar-refractivity contribution in [1.82, 2.24) is 0 Å². The molecule has 0 saturated carbocycles. The summed E-state index contributed by atoms with van der Waals surface area (Å²) in [6.07, 6.45) is 5.16. The second-order valence-corrected chi connectivity index (χ2v) is 3.39. The number of hydrogen-bond donors (Lipinski definition) is 4. The van der Waals surface area contributed by atoms with Crippen LogP contribution in [0.3, 0.4) is 0 Å². The number of unbranched alkanes of at least 4 members (excludes halogenated alkanes) is 3. The van der Waals surface area contributed by atoms with E-state index in [9.17, 15) is 0 Å². The average Bonchev–Trinajstić information content (AvgIpc) is 1.85. The van der Waals surface area contributed by atoms with Gasteiger partial charge in [0, 0.05) is 0 Å². The maximum atomic E-state index is 8.88. The van der Waals surface area contributed by atoms with Crippen molar-refractivity contribution in [2.75, 3.05) is 6.54 Å². The zero-order valence-corrected chi connectivity index (χ0v) is 8.20. The van der Waals surface area contributed by atoms with Gasteiger partial charge in [-0.3, -0.25) is 0 Å². The van der Waals surface area contributed by atoms with Crippen LogP contribution in [0, 0.1) is 0 Å². The summed E-state index contributed by atoms with van der Waals surface area (Å²) in [7, 11) is -4.64. The Morgan fingerprint density at radius 1 is 1.17 bits per heavy atom. The van der Waals surface area contributed by atoms with Gasteiger partial charge in [-0.05, 0) is 13.0 Å². The van der Waals surface area contributed by atoms with Crippen LogP contribution in [0.25, 0.3) is 0 Å². The quantitative estimate of drug-likeness (QED) is 0.392. The molecule has 5 nitrogen and oxygen atoms in total. The Kier molecular flexibility index (Phi) is 11.1. The first-order chi connectivity index (χ1) is 5.41. The minimum absolute atomic E-state index is 0.861. The predicted molar refractivity (Wildman–Crippen MR) is 47.5 cm³/mol. The summed E-state index contributed by atoms with van der Waals surface area (Å²) < 4.78 is 8.88. The van der Waals surface area contributed by atoms with Crippen molar-refractivity contribution in [3.05, 3.63) is 0 Å². The number of nitrogens with two attached hydrogens (primary N) is 1. The fourth-order valence-electron chi connectivity index (χ4n) is 0.571. The summed E-state index contributed by atoms with van der Waals surface area (Å²) in [5, 5.41) is 0. The van der Waals surface area contributed by atoms with E-state index in [0.717, 1.165) is 6.54 Å². The van der Waals surface area contributed by atoms with Crippen LogP contribution in [0.4, 0.5) is 0 Å². The van der Waals surface area contributed by atoms with Crippen molar-refractivity contribution in [2.24, 2.45) is 5.73 Å². The third kappa shape index (κ3) is 50.0. The van der Waals surface area contributed by atoms with Crippen molar-refractivity contribution in [1.29, 1.82) is 0 Å². The van der Waals surface area contributed by atoms with Crippen molar-refractivity contribution in [2.45, 2.75) is 32.6 Å². The summed E-state index contributed by atoms with van der Waals surface area (Å²) in [5.41, 5.74) is 5.27. The minimum atomic E-state index is -4.64. The molecule has 0 aromatic rings. The lowest BCUT2D eigenvalue weighted by Crippen LogP contribution is -1.97. The smallest absolute Gasteiger partial charge is 0.330 e. The van der Waals surface area contributed by atoms with Crippen molar-refractivity contribution in [3.8, 4) is 0 Å². The molecule has 6 heteroatoms. The maximum Gasteiger partial charge on any atom is 0.466 e. The fraction of sp³-hybridized carbons (Fsp3) is 1.00. The molecule has 0 aliphatic carbocycles. The van der Waals surface area contributed by atoms with E-state index in [1.54, 1.807) is 0 Å². The third-order valence-corrected chi connectivity index (χ3v) is 1.06. The molecule has 0 heterocycles. The van der Waals surface area contributed by atoms with E-state index in [1.807, 2.05) is 0 Å². The minimum Gasteiger partial charge on any atom is -0.330 e. The molecule has 0 atom stereocenters. The lowest BCUT2D eigenvalue weighted by Gasteiger charge is -1.90. The summed E-state index contributed by atoms with van der Waals surface area (Å²) in [6.45, 7) is 3.07. The van der Waals surface area contributed by atoms with Gasteiger partial charge in [-0.2, -0.15) is 0 Å². The van der Waals surface area contributed by atoms with Crippen LogP contribution in [-0.4, -0.2) is 21.2 Å². The molecular formula is C6H18NO4P. The standard InChI is InChI=1S/C6H15N.H3O4P/c1-2-3-4-5-6-7;1-5(2,3)4/h2-7H2,1H3;(H3,1,2,3,4). The van der Waals surface area contributed by atoms with E-state index in [2.05, 4.69) is 6.92 Å². The SMILES string of the molecule is CCCCCCN.O=P(O)(O)O. The van der Waals surface area contributed by atoms with E-state index in [1.165, 1.54) is 25.7 Å². The third-order valence-electron chi connectivity index (χ3n) is 1.06. The fourth-order valence-corrected chi connectivity index (χ4v) is 0.571. The molecule has 76 valence electrons. The highest BCUT2D eigenvalue weighted by molar-refractivity contribution is 7.45. The first kappa shape index (κ1) is 14.6. The molecule has 0 fully saturated rings. The Bertz CT molecular complexity index is 112. The van der Waals surface area contributed by atoms with Crippen LogP contribution in [0.5, 0.6) is 0 Å². The molecule has 0 unspecified atom stereocenters. The van der Waals surface area contributed by atoms with Gasteiger partial charge in [-0.25, -0.2) is 4.57 Å². The van der Waals surface area contributed by atoms with Gasteiger partial charge in [0.15, 0.2) is 0 Å². The Labute approximate surface area is 72.8 Å². The molecule has 0 aliphatic heterocycles. The van der Waals surface area contributed by atoms with Gasteiger partial charge in [0.2, 0.25) is 0 Å². The van der Waals surface area contributed by atoms with Gasteiger partial charge in [0.1, 0.15) is 0 Å². The van der Waals surface area contributed by atoms with Crippen molar-refractivity contribution in [3.63, 3.8) is 0 Å². The van der Waals surface area contributed by atoms with Crippen LogP contribution in [0.1, 0.15) is 32.6 Å². The number of hydrogen-bond acceptors (Lipinski definition) is 2.